The maximum Gasteiger partial charge on any atom is 0.281 e. The molecule has 0 atom stereocenters. The number of hydrogen-bond acceptors (Lipinski definition) is 5. The molecule has 1 aliphatic rings. The van der Waals surface area contributed by atoms with Crippen LogP contribution in [0.4, 0.5) is 10.8 Å². The Morgan fingerprint density at radius 2 is 1.67 bits per heavy atom. The highest BCUT2D eigenvalue weighted by molar-refractivity contribution is 7.18. The SMILES string of the molecule is O=C(C[NH+]1CCN(c2ccccc2)CC1)Nc1nnc(-c2ccccc2)s1. The van der Waals surface area contributed by atoms with Crippen LogP contribution < -0.4 is 15.1 Å². The molecule has 6 nitrogen and oxygen atoms in total. The Kier molecular flexibility index (Phi) is 5.41. The van der Waals surface area contributed by atoms with Crippen LogP contribution in [0, 0.1) is 0 Å². The third-order valence-electron chi connectivity index (χ3n) is 4.69. The minimum atomic E-state index is -0.00563. The fourth-order valence-corrected chi connectivity index (χ4v) is 4.02. The lowest BCUT2D eigenvalue weighted by Gasteiger charge is -2.33. The molecule has 1 saturated heterocycles. The van der Waals surface area contributed by atoms with Crippen LogP contribution in [0.1, 0.15) is 0 Å². The van der Waals surface area contributed by atoms with Crippen LogP contribution in [0.2, 0.25) is 0 Å². The van der Waals surface area contributed by atoms with Crippen molar-refractivity contribution in [2.24, 2.45) is 0 Å². The molecule has 0 spiro atoms. The molecule has 7 heteroatoms. The molecule has 1 aromatic heterocycles. The first-order valence-corrected chi connectivity index (χ1v) is 9.92. The summed E-state index contributed by atoms with van der Waals surface area (Å²) >= 11 is 1.40. The first kappa shape index (κ1) is 17.6. The molecule has 2 aromatic carbocycles. The van der Waals surface area contributed by atoms with Gasteiger partial charge in [0, 0.05) is 11.3 Å². The van der Waals surface area contributed by atoms with Gasteiger partial charge in [-0.3, -0.25) is 10.1 Å². The summed E-state index contributed by atoms with van der Waals surface area (Å²) in [4.78, 5) is 16.0. The smallest absolute Gasteiger partial charge is 0.281 e. The van der Waals surface area contributed by atoms with Crippen molar-refractivity contribution in [1.82, 2.24) is 10.2 Å². The Morgan fingerprint density at radius 3 is 2.37 bits per heavy atom. The summed E-state index contributed by atoms with van der Waals surface area (Å²) in [5.74, 6) is -0.00563. The number of amides is 1. The van der Waals surface area contributed by atoms with Gasteiger partial charge in [0.05, 0.1) is 26.2 Å². The van der Waals surface area contributed by atoms with Crippen LogP contribution in [0.3, 0.4) is 0 Å². The lowest BCUT2D eigenvalue weighted by molar-refractivity contribution is -0.892. The minimum Gasteiger partial charge on any atom is -0.360 e. The zero-order valence-corrected chi connectivity index (χ0v) is 15.8. The lowest BCUT2D eigenvalue weighted by atomic mass is 10.2. The molecule has 2 heterocycles. The van der Waals surface area contributed by atoms with Crippen molar-refractivity contribution >= 4 is 28.1 Å². The molecule has 1 amide bonds. The molecule has 0 bridgehead atoms. The van der Waals surface area contributed by atoms with E-state index in [1.807, 2.05) is 36.4 Å². The van der Waals surface area contributed by atoms with Gasteiger partial charge in [-0.25, -0.2) is 0 Å². The van der Waals surface area contributed by atoms with E-state index in [0.29, 0.717) is 11.7 Å². The van der Waals surface area contributed by atoms with E-state index in [1.165, 1.54) is 21.9 Å². The van der Waals surface area contributed by atoms with Crippen molar-refractivity contribution < 1.29 is 9.69 Å². The quantitative estimate of drug-likeness (QED) is 0.705. The van der Waals surface area contributed by atoms with E-state index in [9.17, 15) is 4.79 Å². The number of benzene rings is 2. The Morgan fingerprint density at radius 1 is 1.00 bits per heavy atom. The molecule has 0 radical (unpaired) electrons. The van der Waals surface area contributed by atoms with Crippen LogP contribution in [-0.4, -0.2) is 48.8 Å². The van der Waals surface area contributed by atoms with Gasteiger partial charge in [0.1, 0.15) is 5.01 Å². The Balaban J connectivity index is 1.27. The highest BCUT2D eigenvalue weighted by Gasteiger charge is 2.22. The number of hydrogen-bond donors (Lipinski definition) is 2. The van der Waals surface area contributed by atoms with Gasteiger partial charge in [-0.2, -0.15) is 0 Å². The van der Waals surface area contributed by atoms with Crippen molar-refractivity contribution in [3.8, 4) is 10.6 Å². The third-order valence-corrected chi connectivity index (χ3v) is 5.58. The number of piperazine rings is 1. The van der Waals surface area contributed by atoms with E-state index in [1.54, 1.807) is 0 Å². The molecular formula is C20H22N5OS+. The van der Waals surface area contributed by atoms with E-state index in [0.717, 1.165) is 36.8 Å². The molecule has 1 aliphatic heterocycles. The fraction of sp³-hybridized carbons (Fsp3) is 0.250. The second-order valence-electron chi connectivity index (χ2n) is 6.58. The zero-order chi connectivity index (χ0) is 18.5. The monoisotopic (exact) mass is 380 g/mol. The molecule has 0 unspecified atom stereocenters. The van der Waals surface area contributed by atoms with Crippen LogP contribution >= 0.6 is 11.3 Å². The van der Waals surface area contributed by atoms with E-state index in [4.69, 9.17) is 0 Å². The van der Waals surface area contributed by atoms with E-state index in [-0.39, 0.29) is 5.91 Å². The fourth-order valence-electron chi connectivity index (χ4n) is 3.26. The van der Waals surface area contributed by atoms with Gasteiger partial charge in [0.2, 0.25) is 5.13 Å². The van der Waals surface area contributed by atoms with Gasteiger partial charge in [-0.15, -0.1) is 10.2 Å². The van der Waals surface area contributed by atoms with Gasteiger partial charge in [-0.05, 0) is 12.1 Å². The average Bonchev–Trinajstić information content (AvgIpc) is 3.18. The number of anilines is 2. The lowest BCUT2D eigenvalue weighted by Crippen LogP contribution is -3.15. The second-order valence-corrected chi connectivity index (χ2v) is 7.55. The Hall–Kier alpha value is -2.77. The van der Waals surface area contributed by atoms with Gasteiger partial charge in [0.25, 0.3) is 5.91 Å². The van der Waals surface area contributed by atoms with Gasteiger partial charge < -0.3 is 9.80 Å². The first-order chi connectivity index (χ1) is 13.3. The number of quaternary nitrogens is 1. The summed E-state index contributed by atoms with van der Waals surface area (Å²) in [5.41, 5.74) is 2.27. The zero-order valence-electron chi connectivity index (χ0n) is 15.0. The van der Waals surface area contributed by atoms with Gasteiger partial charge >= 0.3 is 0 Å². The number of para-hydroxylation sites is 1. The standard InChI is InChI=1S/C20H21N5OS/c26-18(21-20-23-22-19(27-20)16-7-3-1-4-8-16)15-24-11-13-25(14-12-24)17-9-5-2-6-10-17/h1-10H,11-15H2,(H,21,23,26)/p+1. The highest BCUT2D eigenvalue weighted by atomic mass is 32.1. The predicted octanol–water partition coefficient (Wildman–Crippen LogP) is 1.55. The third kappa shape index (κ3) is 4.50. The first-order valence-electron chi connectivity index (χ1n) is 9.10. The molecule has 0 saturated carbocycles. The summed E-state index contributed by atoms with van der Waals surface area (Å²) < 4.78 is 0. The van der Waals surface area contributed by atoms with Crippen molar-refractivity contribution in [3.05, 3.63) is 60.7 Å². The van der Waals surface area contributed by atoms with Gasteiger partial charge in [-0.1, -0.05) is 59.9 Å². The summed E-state index contributed by atoms with van der Waals surface area (Å²) in [6, 6.07) is 20.3. The summed E-state index contributed by atoms with van der Waals surface area (Å²) in [7, 11) is 0. The molecule has 27 heavy (non-hydrogen) atoms. The van der Waals surface area contributed by atoms with Crippen LogP contribution in [0.15, 0.2) is 60.7 Å². The summed E-state index contributed by atoms with van der Waals surface area (Å²) in [6.07, 6.45) is 0. The summed E-state index contributed by atoms with van der Waals surface area (Å²) in [5, 5.41) is 12.5. The normalized spacial score (nSPS) is 14.9. The molecule has 1 fully saturated rings. The van der Waals surface area contributed by atoms with Crippen LogP contribution in [-0.2, 0) is 4.79 Å². The average molecular weight is 380 g/mol. The molecule has 0 aliphatic carbocycles. The minimum absolute atomic E-state index is 0.00563. The van der Waals surface area contributed by atoms with E-state index < -0.39 is 0 Å². The number of rotatable bonds is 5. The molecular weight excluding hydrogens is 358 g/mol. The Labute approximate surface area is 162 Å². The molecule has 2 N–H and O–H groups in total. The predicted molar refractivity (Wildman–Crippen MR) is 108 cm³/mol. The largest absolute Gasteiger partial charge is 0.360 e. The van der Waals surface area contributed by atoms with Gasteiger partial charge in [0.15, 0.2) is 6.54 Å². The summed E-state index contributed by atoms with van der Waals surface area (Å²) in [6.45, 7) is 4.29. The topological polar surface area (TPSA) is 62.6 Å². The molecule has 4 rings (SSSR count). The molecule has 138 valence electrons. The van der Waals surface area contributed by atoms with Crippen LogP contribution in [0.25, 0.3) is 10.6 Å². The number of nitrogens with zero attached hydrogens (tertiary/aromatic N) is 3. The number of nitrogens with one attached hydrogen (secondary N) is 2. The van der Waals surface area contributed by atoms with Crippen molar-refractivity contribution in [3.63, 3.8) is 0 Å². The number of carbonyl (C=O) groups is 1. The van der Waals surface area contributed by atoms with Crippen molar-refractivity contribution in [2.45, 2.75) is 0 Å². The van der Waals surface area contributed by atoms with E-state index >= 15 is 0 Å². The van der Waals surface area contributed by atoms with E-state index in [2.05, 4.69) is 44.7 Å². The molecule has 3 aromatic rings. The highest BCUT2D eigenvalue weighted by Crippen LogP contribution is 2.25. The van der Waals surface area contributed by atoms with Crippen LogP contribution in [0.5, 0.6) is 0 Å². The number of carbonyl (C=O) groups excluding carboxylic acids is 1. The second kappa shape index (κ2) is 8.28. The number of aromatic nitrogens is 2. The maximum atomic E-state index is 12.4. The van der Waals surface area contributed by atoms with Crippen molar-refractivity contribution in [2.75, 3.05) is 42.9 Å². The van der Waals surface area contributed by atoms with Crippen molar-refractivity contribution in [1.29, 1.82) is 0 Å². The Bertz CT molecular complexity index is 876. The maximum absolute atomic E-state index is 12.4.